The van der Waals surface area contributed by atoms with Crippen LogP contribution in [0.15, 0.2) is 36.5 Å². The molecule has 0 spiro atoms. The molecule has 2 rings (SSSR count). The Morgan fingerprint density at radius 3 is 2.78 bits per heavy atom. The van der Waals surface area contributed by atoms with E-state index in [1.54, 1.807) is 6.20 Å². The molecule has 0 aromatic carbocycles. The molecule has 2 N–H and O–H groups in total. The lowest BCUT2D eigenvalue weighted by Crippen LogP contribution is -2.21. The molecule has 94 valence electrons. The first-order chi connectivity index (χ1) is 8.70. The smallest absolute Gasteiger partial charge is 0.133 e. The van der Waals surface area contributed by atoms with Crippen LogP contribution in [0.3, 0.4) is 0 Å². The lowest BCUT2D eigenvalue weighted by atomic mass is 10.2. The zero-order chi connectivity index (χ0) is 13.0. The number of aromatic nitrogens is 2. The molecule has 0 aliphatic carbocycles. The van der Waals surface area contributed by atoms with Gasteiger partial charge in [-0.2, -0.15) is 0 Å². The number of hydrogen-bond acceptors (Lipinski definition) is 4. The minimum atomic E-state index is 0.495. The molecule has 4 nitrogen and oxygen atoms in total. The van der Waals surface area contributed by atoms with Crippen molar-refractivity contribution < 1.29 is 0 Å². The Bertz CT molecular complexity index is 525. The standard InChI is InChI=1S/C14H18N4/c1-11-5-3-7-13(17-11)10-18(2)14-12(9-15)6-4-8-16-14/h3-8H,9-10,15H2,1-2H3. The van der Waals surface area contributed by atoms with Crippen LogP contribution in [0.1, 0.15) is 17.0 Å². The molecule has 18 heavy (non-hydrogen) atoms. The minimum Gasteiger partial charge on any atom is -0.354 e. The van der Waals surface area contributed by atoms with Gasteiger partial charge < -0.3 is 10.6 Å². The number of hydrogen-bond donors (Lipinski definition) is 1. The molecule has 4 heteroatoms. The summed E-state index contributed by atoms with van der Waals surface area (Å²) in [6.45, 7) is 3.22. The van der Waals surface area contributed by atoms with Crippen LogP contribution in [0, 0.1) is 6.92 Å². The molecule has 0 aliphatic heterocycles. The SMILES string of the molecule is Cc1cccc(CN(C)c2ncccc2CN)n1. The average molecular weight is 242 g/mol. The second-order valence-electron chi connectivity index (χ2n) is 4.32. The highest BCUT2D eigenvalue weighted by atomic mass is 15.2. The van der Waals surface area contributed by atoms with Crippen molar-refractivity contribution in [3.63, 3.8) is 0 Å². The van der Waals surface area contributed by atoms with E-state index in [9.17, 15) is 0 Å². The van der Waals surface area contributed by atoms with Gasteiger partial charge in [-0.05, 0) is 25.1 Å². The predicted octanol–water partition coefficient (Wildman–Crippen LogP) is 1.88. The van der Waals surface area contributed by atoms with Crippen LogP contribution in [-0.4, -0.2) is 17.0 Å². The van der Waals surface area contributed by atoms with Gasteiger partial charge in [0.25, 0.3) is 0 Å². The highest BCUT2D eigenvalue weighted by Gasteiger charge is 2.08. The summed E-state index contributed by atoms with van der Waals surface area (Å²) in [4.78, 5) is 11.0. The maximum absolute atomic E-state index is 5.72. The third-order valence-electron chi connectivity index (χ3n) is 2.79. The maximum atomic E-state index is 5.72. The fourth-order valence-electron chi connectivity index (χ4n) is 1.94. The van der Waals surface area contributed by atoms with Crippen LogP contribution in [-0.2, 0) is 13.1 Å². The van der Waals surface area contributed by atoms with Gasteiger partial charge >= 0.3 is 0 Å². The molecular formula is C14H18N4. The zero-order valence-electron chi connectivity index (χ0n) is 10.8. The van der Waals surface area contributed by atoms with Crippen LogP contribution in [0.25, 0.3) is 0 Å². The van der Waals surface area contributed by atoms with E-state index < -0.39 is 0 Å². The summed E-state index contributed by atoms with van der Waals surface area (Å²) in [5, 5.41) is 0. The van der Waals surface area contributed by atoms with Crippen LogP contribution < -0.4 is 10.6 Å². The molecule has 0 saturated carbocycles. The Labute approximate surface area is 107 Å². The number of nitrogens with zero attached hydrogens (tertiary/aromatic N) is 3. The summed E-state index contributed by atoms with van der Waals surface area (Å²) in [7, 11) is 2.01. The topological polar surface area (TPSA) is 55.0 Å². The average Bonchev–Trinajstić information content (AvgIpc) is 2.38. The van der Waals surface area contributed by atoms with Crippen LogP contribution >= 0.6 is 0 Å². The summed E-state index contributed by atoms with van der Waals surface area (Å²) in [5.41, 5.74) is 8.83. The number of pyridine rings is 2. The Balaban J connectivity index is 2.19. The highest BCUT2D eigenvalue weighted by molar-refractivity contribution is 5.46. The first-order valence-electron chi connectivity index (χ1n) is 5.98. The molecule has 0 saturated heterocycles. The molecule has 0 atom stereocenters. The molecular weight excluding hydrogens is 224 g/mol. The molecule has 0 bridgehead atoms. The van der Waals surface area contributed by atoms with Crippen molar-refractivity contribution in [3.8, 4) is 0 Å². The summed E-state index contributed by atoms with van der Waals surface area (Å²) >= 11 is 0. The Hall–Kier alpha value is -1.94. The summed E-state index contributed by atoms with van der Waals surface area (Å²) in [6, 6.07) is 9.95. The third kappa shape index (κ3) is 2.84. The van der Waals surface area contributed by atoms with E-state index >= 15 is 0 Å². The number of nitrogens with two attached hydrogens (primary N) is 1. The fourth-order valence-corrected chi connectivity index (χ4v) is 1.94. The normalized spacial score (nSPS) is 10.4. The van der Waals surface area contributed by atoms with Gasteiger partial charge in [0.15, 0.2) is 0 Å². The first kappa shape index (κ1) is 12.5. The van der Waals surface area contributed by atoms with Gasteiger partial charge in [0, 0.05) is 31.0 Å². The summed E-state index contributed by atoms with van der Waals surface area (Å²) in [6.07, 6.45) is 1.79. The van der Waals surface area contributed by atoms with Gasteiger partial charge in [-0.15, -0.1) is 0 Å². The van der Waals surface area contributed by atoms with Crippen LogP contribution in [0.5, 0.6) is 0 Å². The molecule has 2 heterocycles. The molecule has 0 amide bonds. The van der Waals surface area contributed by atoms with Crippen molar-refractivity contribution in [2.45, 2.75) is 20.0 Å². The molecule has 0 radical (unpaired) electrons. The van der Waals surface area contributed by atoms with Crippen molar-refractivity contribution in [2.75, 3.05) is 11.9 Å². The van der Waals surface area contributed by atoms with Gasteiger partial charge in [0.2, 0.25) is 0 Å². The molecule has 2 aromatic heterocycles. The van der Waals surface area contributed by atoms with Crippen molar-refractivity contribution in [1.29, 1.82) is 0 Å². The molecule has 0 aliphatic rings. The quantitative estimate of drug-likeness (QED) is 0.889. The molecule has 0 fully saturated rings. The van der Waals surface area contributed by atoms with Crippen LogP contribution in [0.4, 0.5) is 5.82 Å². The summed E-state index contributed by atoms with van der Waals surface area (Å²) in [5.74, 6) is 0.920. The van der Waals surface area contributed by atoms with E-state index in [1.165, 1.54) is 0 Å². The van der Waals surface area contributed by atoms with Crippen molar-refractivity contribution in [2.24, 2.45) is 5.73 Å². The lowest BCUT2D eigenvalue weighted by molar-refractivity contribution is 0.845. The van der Waals surface area contributed by atoms with Gasteiger partial charge in [-0.25, -0.2) is 4.98 Å². The van der Waals surface area contributed by atoms with E-state index in [1.807, 2.05) is 44.3 Å². The Morgan fingerprint density at radius 2 is 2.06 bits per heavy atom. The zero-order valence-corrected chi connectivity index (χ0v) is 10.8. The minimum absolute atomic E-state index is 0.495. The van der Waals surface area contributed by atoms with Gasteiger partial charge in [0.1, 0.15) is 5.82 Å². The summed E-state index contributed by atoms with van der Waals surface area (Å²) < 4.78 is 0. The number of aryl methyl sites for hydroxylation is 1. The van der Waals surface area contributed by atoms with Crippen LogP contribution in [0.2, 0.25) is 0 Å². The van der Waals surface area contributed by atoms with E-state index in [4.69, 9.17) is 5.73 Å². The molecule has 2 aromatic rings. The monoisotopic (exact) mass is 242 g/mol. The highest BCUT2D eigenvalue weighted by Crippen LogP contribution is 2.16. The Morgan fingerprint density at radius 1 is 1.22 bits per heavy atom. The van der Waals surface area contributed by atoms with E-state index in [0.717, 1.165) is 29.3 Å². The van der Waals surface area contributed by atoms with Crippen molar-refractivity contribution >= 4 is 5.82 Å². The largest absolute Gasteiger partial charge is 0.354 e. The number of rotatable bonds is 4. The van der Waals surface area contributed by atoms with E-state index in [0.29, 0.717) is 6.54 Å². The fraction of sp³-hybridized carbons (Fsp3) is 0.286. The van der Waals surface area contributed by atoms with Gasteiger partial charge in [-0.1, -0.05) is 12.1 Å². The van der Waals surface area contributed by atoms with E-state index in [2.05, 4.69) is 14.9 Å². The van der Waals surface area contributed by atoms with Crippen molar-refractivity contribution in [1.82, 2.24) is 9.97 Å². The number of anilines is 1. The second-order valence-corrected chi connectivity index (χ2v) is 4.32. The maximum Gasteiger partial charge on any atom is 0.133 e. The van der Waals surface area contributed by atoms with Gasteiger partial charge in [0.05, 0.1) is 12.2 Å². The first-order valence-corrected chi connectivity index (χ1v) is 5.98. The molecule has 0 unspecified atom stereocenters. The predicted molar refractivity (Wildman–Crippen MR) is 73.2 cm³/mol. The van der Waals surface area contributed by atoms with E-state index in [-0.39, 0.29) is 0 Å². The third-order valence-corrected chi connectivity index (χ3v) is 2.79. The second kappa shape index (κ2) is 5.60. The Kier molecular flexibility index (Phi) is 3.89. The van der Waals surface area contributed by atoms with Gasteiger partial charge in [-0.3, -0.25) is 4.98 Å². The lowest BCUT2D eigenvalue weighted by Gasteiger charge is -2.20. The van der Waals surface area contributed by atoms with Crippen molar-refractivity contribution in [3.05, 3.63) is 53.5 Å².